The second-order valence-corrected chi connectivity index (χ2v) is 9.00. The van der Waals surface area contributed by atoms with Crippen molar-refractivity contribution in [1.82, 2.24) is 9.55 Å². The normalized spacial score (nSPS) is 16.3. The Morgan fingerprint density at radius 1 is 1.39 bits per heavy atom. The van der Waals surface area contributed by atoms with Gasteiger partial charge in [-0.05, 0) is 43.4 Å². The van der Waals surface area contributed by atoms with Crippen LogP contribution in [0.3, 0.4) is 0 Å². The average molecular weight is 437 g/mol. The van der Waals surface area contributed by atoms with Gasteiger partial charge in [-0.1, -0.05) is 23.4 Å². The minimum Gasteiger partial charge on any atom is -0.481 e. The van der Waals surface area contributed by atoms with E-state index in [1.165, 1.54) is 23.9 Å². The summed E-state index contributed by atoms with van der Waals surface area (Å²) in [5.74, 6) is -1.28. The van der Waals surface area contributed by atoms with Gasteiger partial charge in [0.1, 0.15) is 11.5 Å². The standard InChI is InChI=1S/C20H18ClFN2O2S2/c1-27-15-6-7-23-20-17(15)19(28-14-5-4-12(22)10-13(14)21)18-11(9-16(25)26)3-2-8-24(18)20/h4-7,10-11H,2-3,8-9H2,1H3,(H,25,26). The molecule has 2 aromatic heterocycles. The van der Waals surface area contributed by atoms with Gasteiger partial charge in [-0.3, -0.25) is 4.79 Å². The molecule has 1 aromatic carbocycles. The fourth-order valence-electron chi connectivity index (χ4n) is 3.83. The van der Waals surface area contributed by atoms with Crippen LogP contribution in [0, 0.1) is 5.82 Å². The molecule has 146 valence electrons. The number of aromatic nitrogens is 2. The van der Waals surface area contributed by atoms with Crippen LogP contribution in [-0.4, -0.2) is 26.9 Å². The van der Waals surface area contributed by atoms with E-state index < -0.39 is 5.97 Å². The van der Waals surface area contributed by atoms with Crippen LogP contribution < -0.4 is 0 Å². The summed E-state index contributed by atoms with van der Waals surface area (Å²) in [7, 11) is 0. The van der Waals surface area contributed by atoms with Gasteiger partial charge in [0, 0.05) is 44.4 Å². The van der Waals surface area contributed by atoms with Crippen molar-refractivity contribution in [3.63, 3.8) is 0 Å². The molecule has 28 heavy (non-hydrogen) atoms. The number of aliphatic carboxylic acids is 1. The number of rotatable bonds is 5. The monoisotopic (exact) mass is 436 g/mol. The smallest absolute Gasteiger partial charge is 0.304 e. The molecular weight excluding hydrogens is 419 g/mol. The maximum absolute atomic E-state index is 13.5. The quantitative estimate of drug-likeness (QED) is 0.493. The van der Waals surface area contributed by atoms with Crippen molar-refractivity contribution in [2.45, 2.75) is 46.4 Å². The van der Waals surface area contributed by atoms with Crippen LogP contribution in [0.1, 0.15) is 30.9 Å². The van der Waals surface area contributed by atoms with Crippen LogP contribution in [0.15, 0.2) is 45.1 Å². The van der Waals surface area contributed by atoms with E-state index in [9.17, 15) is 14.3 Å². The molecule has 4 rings (SSSR count). The molecule has 1 aliphatic heterocycles. The number of aryl methyl sites for hydroxylation is 1. The van der Waals surface area contributed by atoms with E-state index in [1.807, 2.05) is 12.3 Å². The van der Waals surface area contributed by atoms with Crippen LogP contribution in [0.5, 0.6) is 0 Å². The Morgan fingerprint density at radius 3 is 2.93 bits per heavy atom. The van der Waals surface area contributed by atoms with Gasteiger partial charge >= 0.3 is 5.97 Å². The van der Waals surface area contributed by atoms with Crippen LogP contribution in [0.2, 0.25) is 5.02 Å². The van der Waals surface area contributed by atoms with Crippen LogP contribution >= 0.6 is 35.1 Å². The third kappa shape index (κ3) is 3.51. The average Bonchev–Trinajstić information content (AvgIpc) is 2.98. The van der Waals surface area contributed by atoms with E-state index in [2.05, 4.69) is 9.55 Å². The molecule has 4 nitrogen and oxygen atoms in total. The zero-order valence-electron chi connectivity index (χ0n) is 15.1. The van der Waals surface area contributed by atoms with Gasteiger partial charge in [0.25, 0.3) is 0 Å². The molecule has 0 bridgehead atoms. The molecule has 0 radical (unpaired) electrons. The second kappa shape index (κ2) is 7.97. The molecule has 0 saturated heterocycles. The zero-order valence-corrected chi connectivity index (χ0v) is 17.5. The molecule has 3 heterocycles. The van der Waals surface area contributed by atoms with Crippen LogP contribution in [0.4, 0.5) is 4.39 Å². The summed E-state index contributed by atoms with van der Waals surface area (Å²) in [6.07, 6.45) is 5.62. The Balaban J connectivity index is 1.95. The van der Waals surface area contributed by atoms with Gasteiger partial charge in [0.15, 0.2) is 0 Å². The van der Waals surface area contributed by atoms with Crippen LogP contribution in [-0.2, 0) is 11.3 Å². The van der Waals surface area contributed by atoms with E-state index in [-0.39, 0.29) is 18.2 Å². The summed E-state index contributed by atoms with van der Waals surface area (Å²) in [6, 6.07) is 6.34. The SMILES string of the molecule is CSc1ccnc2c1c(Sc1ccc(F)cc1Cl)c1n2CCCC1CC(=O)O. The highest BCUT2D eigenvalue weighted by molar-refractivity contribution is 8.00. The van der Waals surface area contributed by atoms with Gasteiger partial charge in [-0.2, -0.15) is 0 Å². The number of hydrogen-bond donors (Lipinski definition) is 1. The Hall–Kier alpha value is -1.70. The number of thioether (sulfide) groups is 1. The van der Waals surface area contributed by atoms with Crippen LogP contribution in [0.25, 0.3) is 11.0 Å². The van der Waals surface area contributed by atoms with Crippen molar-refractivity contribution in [3.05, 3.63) is 47.0 Å². The molecule has 1 atom stereocenters. The second-order valence-electron chi connectivity index (χ2n) is 6.69. The van der Waals surface area contributed by atoms with Crippen molar-refractivity contribution in [2.75, 3.05) is 6.26 Å². The van der Waals surface area contributed by atoms with E-state index >= 15 is 0 Å². The predicted octanol–water partition coefficient (Wildman–Crippen LogP) is 6.05. The van der Waals surface area contributed by atoms with E-state index in [4.69, 9.17) is 11.6 Å². The summed E-state index contributed by atoms with van der Waals surface area (Å²) >= 11 is 9.39. The lowest BCUT2D eigenvalue weighted by molar-refractivity contribution is -0.137. The minimum atomic E-state index is -0.808. The lowest BCUT2D eigenvalue weighted by atomic mass is 9.93. The van der Waals surface area contributed by atoms with Gasteiger partial charge in [0.2, 0.25) is 0 Å². The molecule has 0 aliphatic carbocycles. The number of halogens is 2. The van der Waals surface area contributed by atoms with E-state index in [0.29, 0.717) is 5.02 Å². The Morgan fingerprint density at radius 2 is 2.21 bits per heavy atom. The Bertz CT molecular complexity index is 1070. The molecule has 8 heteroatoms. The highest BCUT2D eigenvalue weighted by Gasteiger charge is 2.31. The topological polar surface area (TPSA) is 55.1 Å². The first-order chi connectivity index (χ1) is 13.5. The van der Waals surface area contributed by atoms with Gasteiger partial charge in [-0.25, -0.2) is 9.37 Å². The van der Waals surface area contributed by atoms with Crippen molar-refractivity contribution >= 4 is 52.1 Å². The first kappa shape index (κ1) is 19.6. The Labute approximate surface area is 175 Å². The van der Waals surface area contributed by atoms with E-state index in [0.717, 1.165) is 50.8 Å². The summed E-state index contributed by atoms with van der Waals surface area (Å²) in [6.45, 7) is 0.810. The first-order valence-corrected chi connectivity index (χ1v) is 11.3. The van der Waals surface area contributed by atoms with Crippen molar-refractivity contribution in [2.24, 2.45) is 0 Å². The molecule has 3 aromatic rings. The van der Waals surface area contributed by atoms with Gasteiger partial charge in [0.05, 0.1) is 11.4 Å². The number of pyridine rings is 1. The predicted molar refractivity (Wildman–Crippen MR) is 111 cm³/mol. The third-order valence-corrected chi connectivity index (χ3v) is 7.36. The molecule has 0 fully saturated rings. The summed E-state index contributed by atoms with van der Waals surface area (Å²) in [5.41, 5.74) is 1.88. The molecule has 0 spiro atoms. The fraction of sp³-hybridized carbons (Fsp3) is 0.300. The summed E-state index contributed by atoms with van der Waals surface area (Å²) < 4.78 is 15.7. The minimum absolute atomic E-state index is 0.0790. The zero-order chi connectivity index (χ0) is 19.8. The molecule has 0 saturated carbocycles. The maximum atomic E-state index is 13.5. The van der Waals surface area contributed by atoms with E-state index in [1.54, 1.807) is 24.0 Å². The third-order valence-electron chi connectivity index (χ3n) is 4.97. The molecule has 0 amide bonds. The largest absolute Gasteiger partial charge is 0.481 e. The molecule has 1 N–H and O–H groups in total. The number of hydrogen-bond acceptors (Lipinski definition) is 4. The lowest BCUT2D eigenvalue weighted by Gasteiger charge is -2.25. The van der Waals surface area contributed by atoms with Crippen molar-refractivity contribution in [1.29, 1.82) is 0 Å². The number of fused-ring (bicyclic) bond motifs is 3. The molecule has 1 unspecified atom stereocenters. The number of carboxylic acids is 1. The number of benzene rings is 1. The van der Waals surface area contributed by atoms with Crippen molar-refractivity contribution in [3.8, 4) is 0 Å². The fourth-order valence-corrected chi connectivity index (χ4v) is 5.97. The highest BCUT2D eigenvalue weighted by atomic mass is 35.5. The maximum Gasteiger partial charge on any atom is 0.304 e. The molecular formula is C20H18ClFN2O2S2. The molecule has 1 aliphatic rings. The highest BCUT2D eigenvalue weighted by Crippen LogP contribution is 2.48. The number of carboxylic acid groups (broad SMARTS) is 1. The first-order valence-electron chi connectivity index (χ1n) is 8.89. The summed E-state index contributed by atoms with van der Waals surface area (Å²) in [5, 5.41) is 10.8. The van der Waals surface area contributed by atoms with Gasteiger partial charge in [-0.15, -0.1) is 11.8 Å². The Kier molecular flexibility index (Phi) is 5.58. The number of nitrogens with zero attached hydrogens (tertiary/aromatic N) is 2. The number of carbonyl (C=O) groups is 1. The lowest BCUT2D eigenvalue weighted by Crippen LogP contribution is -2.18. The summed E-state index contributed by atoms with van der Waals surface area (Å²) in [4.78, 5) is 18.9. The van der Waals surface area contributed by atoms with Gasteiger partial charge < -0.3 is 9.67 Å². The van der Waals surface area contributed by atoms with Crippen molar-refractivity contribution < 1.29 is 14.3 Å².